The van der Waals surface area contributed by atoms with Crippen LogP contribution in [0.5, 0.6) is 0 Å². The lowest BCUT2D eigenvalue weighted by atomic mass is 9.89. The SMILES string of the molecule is Cc1ccc2ccc([C@H]3CC[C@H](C)CN3C(=O)C(=O)Nc3cnc(N)c4cnn(C5CCCCO5)c34)cc2n1. The van der Waals surface area contributed by atoms with Gasteiger partial charge >= 0.3 is 11.8 Å². The molecule has 0 spiro atoms. The summed E-state index contributed by atoms with van der Waals surface area (Å²) >= 11 is 0. The summed E-state index contributed by atoms with van der Waals surface area (Å²) in [6.07, 6.45) is 7.42. The van der Waals surface area contributed by atoms with Gasteiger partial charge in [-0.1, -0.05) is 25.1 Å². The number of aryl methyl sites for hydroxylation is 1. The number of pyridine rings is 2. The van der Waals surface area contributed by atoms with E-state index in [9.17, 15) is 9.59 Å². The summed E-state index contributed by atoms with van der Waals surface area (Å²) < 4.78 is 7.67. The van der Waals surface area contributed by atoms with E-state index >= 15 is 0 Å². The first-order chi connectivity index (χ1) is 18.9. The quantitative estimate of drug-likeness (QED) is 0.375. The van der Waals surface area contributed by atoms with E-state index in [0.717, 1.165) is 54.3 Å². The van der Waals surface area contributed by atoms with Crippen molar-refractivity contribution in [1.82, 2.24) is 24.6 Å². The number of nitrogens with one attached hydrogen (secondary N) is 1. The lowest BCUT2D eigenvalue weighted by Crippen LogP contribution is -2.46. The van der Waals surface area contributed by atoms with Gasteiger partial charge in [-0.25, -0.2) is 9.67 Å². The first-order valence-corrected chi connectivity index (χ1v) is 13.6. The monoisotopic (exact) mass is 527 g/mol. The normalized spacial score (nSPS) is 21.8. The largest absolute Gasteiger partial charge is 0.383 e. The highest BCUT2D eigenvalue weighted by molar-refractivity contribution is 6.40. The van der Waals surface area contributed by atoms with Crippen LogP contribution in [0, 0.1) is 12.8 Å². The summed E-state index contributed by atoms with van der Waals surface area (Å²) in [5.74, 6) is -0.696. The van der Waals surface area contributed by atoms with Gasteiger partial charge in [0.15, 0.2) is 6.23 Å². The molecule has 39 heavy (non-hydrogen) atoms. The molecule has 10 nitrogen and oxygen atoms in total. The van der Waals surface area contributed by atoms with E-state index in [4.69, 9.17) is 10.5 Å². The van der Waals surface area contributed by atoms with Crippen LogP contribution in [0.2, 0.25) is 0 Å². The van der Waals surface area contributed by atoms with E-state index in [-0.39, 0.29) is 18.2 Å². The lowest BCUT2D eigenvalue weighted by Gasteiger charge is -2.38. The Labute approximate surface area is 226 Å². The van der Waals surface area contributed by atoms with E-state index in [1.807, 2.05) is 37.3 Å². The number of aromatic nitrogens is 4. The van der Waals surface area contributed by atoms with Crippen molar-refractivity contribution >= 4 is 45.1 Å². The first kappa shape index (κ1) is 25.2. The molecule has 0 aliphatic carbocycles. The van der Waals surface area contributed by atoms with Crippen molar-refractivity contribution in [3.05, 3.63) is 54.0 Å². The molecule has 2 aliphatic heterocycles. The topological polar surface area (TPSA) is 128 Å². The van der Waals surface area contributed by atoms with Crippen LogP contribution < -0.4 is 11.1 Å². The minimum Gasteiger partial charge on any atom is -0.383 e. The number of nitrogens with zero attached hydrogens (tertiary/aromatic N) is 5. The smallest absolute Gasteiger partial charge is 0.314 e. The van der Waals surface area contributed by atoms with Gasteiger partial charge in [-0.3, -0.25) is 14.6 Å². The Kier molecular flexibility index (Phi) is 6.64. The molecule has 3 N–H and O–H groups in total. The van der Waals surface area contributed by atoms with Gasteiger partial charge in [-0.2, -0.15) is 5.10 Å². The van der Waals surface area contributed by atoms with E-state index in [2.05, 4.69) is 27.3 Å². The van der Waals surface area contributed by atoms with Crippen molar-refractivity contribution in [3.8, 4) is 0 Å². The Morgan fingerprint density at radius 3 is 2.77 bits per heavy atom. The van der Waals surface area contributed by atoms with E-state index in [1.165, 1.54) is 6.20 Å². The molecule has 10 heteroatoms. The molecule has 3 atom stereocenters. The number of rotatable bonds is 3. The number of carbonyl (C=O) groups is 2. The van der Waals surface area contributed by atoms with Gasteiger partial charge in [0.1, 0.15) is 11.3 Å². The van der Waals surface area contributed by atoms with Gasteiger partial charge in [0.2, 0.25) is 0 Å². The van der Waals surface area contributed by atoms with Crippen molar-refractivity contribution in [2.45, 2.75) is 58.2 Å². The highest BCUT2D eigenvalue weighted by Gasteiger charge is 2.35. The Balaban J connectivity index is 1.30. The molecule has 2 saturated heterocycles. The molecule has 2 amide bonds. The molecule has 202 valence electrons. The van der Waals surface area contributed by atoms with Crippen LogP contribution in [-0.4, -0.2) is 49.6 Å². The van der Waals surface area contributed by atoms with Crippen molar-refractivity contribution in [2.75, 3.05) is 24.2 Å². The van der Waals surface area contributed by atoms with E-state index in [1.54, 1.807) is 15.8 Å². The van der Waals surface area contributed by atoms with Gasteiger partial charge in [0, 0.05) is 24.2 Å². The van der Waals surface area contributed by atoms with Crippen molar-refractivity contribution < 1.29 is 14.3 Å². The average molecular weight is 528 g/mol. The molecule has 3 aromatic heterocycles. The van der Waals surface area contributed by atoms with Gasteiger partial charge in [-0.15, -0.1) is 0 Å². The average Bonchev–Trinajstić information content (AvgIpc) is 3.41. The minimum absolute atomic E-state index is 0.211. The third-order valence-corrected chi connectivity index (χ3v) is 7.85. The number of nitrogen functional groups attached to an aromatic ring is 1. The Hall–Kier alpha value is -4.05. The zero-order valence-electron chi connectivity index (χ0n) is 22.3. The molecule has 6 rings (SSSR count). The number of fused-ring (bicyclic) bond motifs is 2. The second-order valence-corrected chi connectivity index (χ2v) is 10.7. The van der Waals surface area contributed by atoms with Crippen molar-refractivity contribution in [1.29, 1.82) is 0 Å². The Morgan fingerprint density at radius 1 is 1.10 bits per heavy atom. The highest BCUT2D eigenvalue weighted by atomic mass is 16.5. The fraction of sp³-hybridized carbons (Fsp3) is 0.414. The number of likely N-dealkylation sites (tertiary alicyclic amines) is 1. The molecule has 0 saturated carbocycles. The van der Waals surface area contributed by atoms with Gasteiger partial charge < -0.3 is 20.7 Å². The second-order valence-electron chi connectivity index (χ2n) is 10.7. The molecule has 0 bridgehead atoms. The molecule has 5 heterocycles. The van der Waals surface area contributed by atoms with Crippen LogP contribution in [0.1, 0.15) is 62.6 Å². The summed E-state index contributed by atoms with van der Waals surface area (Å²) in [6.45, 7) is 5.21. The van der Waals surface area contributed by atoms with Crippen LogP contribution in [-0.2, 0) is 14.3 Å². The van der Waals surface area contributed by atoms with Gasteiger partial charge in [0.05, 0.1) is 35.0 Å². The molecular weight excluding hydrogens is 494 g/mol. The summed E-state index contributed by atoms with van der Waals surface area (Å²) in [7, 11) is 0. The second kappa shape index (κ2) is 10.3. The third-order valence-electron chi connectivity index (χ3n) is 7.85. The number of amides is 2. The molecular formula is C29H33N7O3. The van der Waals surface area contributed by atoms with E-state index in [0.29, 0.717) is 35.6 Å². The zero-order valence-corrected chi connectivity index (χ0v) is 22.3. The Morgan fingerprint density at radius 2 is 1.95 bits per heavy atom. The third kappa shape index (κ3) is 4.80. The molecule has 4 aromatic rings. The van der Waals surface area contributed by atoms with E-state index < -0.39 is 11.8 Å². The lowest BCUT2D eigenvalue weighted by molar-refractivity contribution is -0.146. The number of nitrogens with two attached hydrogens (primary N) is 1. The summed E-state index contributed by atoms with van der Waals surface area (Å²) in [5, 5.41) is 8.97. The van der Waals surface area contributed by atoms with Gasteiger partial charge in [-0.05, 0) is 62.6 Å². The maximum Gasteiger partial charge on any atom is 0.314 e. The zero-order chi connectivity index (χ0) is 27.1. The standard InChI is InChI=1S/C29H33N7O3/c1-17-6-11-24(20-10-9-19-8-7-18(2)33-22(19)13-20)35(16-17)29(38)28(37)34-23-15-31-27(30)21-14-32-36(26(21)23)25-5-3-4-12-39-25/h7-10,13-15,17,24-25H,3-6,11-12,16H2,1-2H3,(H2,30,31)(H,34,37)/t17-,24+,25?/m0/s1. The molecule has 1 aromatic carbocycles. The number of anilines is 2. The molecule has 2 fully saturated rings. The van der Waals surface area contributed by atoms with Crippen LogP contribution in [0.25, 0.3) is 21.8 Å². The highest BCUT2D eigenvalue weighted by Crippen LogP contribution is 2.36. The minimum atomic E-state index is -0.714. The summed E-state index contributed by atoms with van der Waals surface area (Å²) in [5.41, 5.74) is 9.92. The molecule has 1 unspecified atom stereocenters. The molecule has 0 radical (unpaired) electrons. The molecule has 2 aliphatic rings. The number of piperidine rings is 1. The fourth-order valence-corrected chi connectivity index (χ4v) is 5.78. The van der Waals surface area contributed by atoms with Crippen molar-refractivity contribution in [2.24, 2.45) is 5.92 Å². The predicted molar refractivity (Wildman–Crippen MR) is 149 cm³/mol. The van der Waals surface area contributed by atoms with Crippen LogP contribution in [0.4, 0.5) is 11.5 Å². The summed E-state index contributed by atoms with van der Waals surface area (Å²) in [6, 6.07) is 9.93. The van der Waals surface area contributed by atoms with Crippen LogP contribution in [0.15, 0.2) is 42.7 Å². The van der Waals surface area contributed by atoms with Crippen molar-refractivity contribution in [3.63, 3.8) is 0 Å². The first-order valence-electron chi connectivity index (χ1n) is 13.6. The predicted octanol–water partition coefficient (Wildman–Crippen LogP) is 4.51. The maximum atomic E-state index is 13.7. The van der Waals surface area contributed by atoms with Crippen LogP contribution >= 0.6 is 0 Å². The number of ether oxygens (including phenoxy) is 1. The summed E-state index contributed by atoms with van der Waals surface area (Å²) in [4.78, 5) is 37.7. The Bertz CT molecular complexity index is 1560. The maximum absolute atomic E-state index is 13.7. The number of benzene rings is 1. The number of carbonyl (C=O) groups excluding carboxylic acids is 2. The number of hydrogen-bond donors (Lipinski definition) is 2. The number of hydrogen-bond acceptors (Lipinski definition) is 7. The fourth-order valence-electron chi connectivity index (χ4n) is 5.78. The van der Waals surface area contributed by atoms with Crippen LogP contribution in [0.3, 0.4) is 0 Å². The van der Waals surface area contributed by atoms with Gasteiger partial charge in [0.25, 0.3) is 0 Å².